The first kappa shape index (κ1) is 17.7. The molecule has 6 heteroatoms. The smallest absolute Gasteiger partial charge is 0.223 e. The molecule has 21 heavy (non-hydrogen) atoms. The zero-order valence-electron chi connectivity index (χ0n) is 12.7. The fourth-order valence-electron chi connectivity index (χ4n) is 1.79. The van der Waals surface area contributed by atoms with E-state index in [-0.39, 0.29) is 30.2 Å². The maximum absolute atomic E-state index is 11.8. The minimum absolute atomic E-state index is 0.0106. The van der Waals surface area contributed by atoms with Crippen molar-refractivity contribution >= 4 is 17.7 Å². The lowest BCUT2D eigenvalue weighted by Crippen LogP contribution is -2.41. The minimum atomic E-state index is -0.0801. The monoisotopic (exact) mass is 313 g/mol. The van der Waals surface area contributed by atoms with E-state index in [1.807, 2.05) is 25.3 Å². The molecule has 0 aliphatic rings. The Bertz CT molecular complexity index is 420. The van der Waals surface area contributed by atoms with Crippen molar-refractivity contribution in [2.24, 2.45) is 0 Å². The van der Waals surface area contributed by atoms with Crippen molar-refractivity contribution in [1.29, 1.82) is 0 Å². The van der Waals surface area contributed by atoms with Gasteiger partial charge in [-0.3, -0.25) is 4.79 Å². The van der Waals surface area contributed by atoms with Gasteiger partial charge in [0.25, 0.3) is 0 Å². The van der Waals surface area contributed by atoms with Crippen LogP contribution in [0.4, 0.5) is 0 Å². The van der Waals surface area contributed by atoms with Gasteiger partial charge in [0.15, 0.2) is 0 Å². The lowest BCUT2D eigenvalue weighted by atomic mass is 10.2. The fourth-order valence-corrected chi connectivity index (χ4v) is 2.41. The Kier molecular flexibility index (Phi) is 8.00. The topological polar surface area (TPSA) is 67.8 Å². The summed E-state index contributed by atoms with van der Waals surface area (Å²) in [5.74, 6) is 1.39. The predicted molar refractivity (Wildman–Crippen MR) is 85.1 cm³/mol. The third-order valence-electron chi connectivity index (χ3n) is 3.09. The van der Waals surface area contributed by atoms with Crippen LogP contribution in [-0.4, -0.2) is 48.9 Å². The average Bonchev–Trinajstić information content (AvgIpc) is 2.49. The molecule has 0 aliphatic carbocycles. The second-order valence-corrected chi connectivity index (χ2v) is 5.66. The summed E-state index contributed by atoms with van der Waals surface area (Å²) in [4.78, 5) is 11.8. The first-order valence-electron chi connectivity index (χ1n) is 6.80. The molecule has 2 N–H and O–H groups in total. The summed E-state index contributed by atoms with van der Waals surface area (Å²) in [6, 6.07) is 7.14. The second-order valence-electron chi connectivity index (χ2n) is 4.59. The molecule has 5 nitrogen and oxygen atoms in total. The Morgan fingerprint density at radius 1 is 1.33 bits per heavy atom. The number of carbonyl (C=O) groups excluding carboxylic acids is 1. The van der Waals surface area contributed by atoms with Crippen LogP contribution in [0.1, 0.15) is 13.3 Å². The molecule has 0 fully saturated rings. The number of carbonyl (C=O) groups is 1. The molecule has 0 bridgehead atoms. The summed E-state index contributed by atoms with van der Waals surface area (Å²) in [7, 11) is 1.61. The van der Waals surface area contributed by atoms with Gasteiger partial charge in [0.05, 0.1) is 26.7 Å². The molecule has 2 unspecified atom stereocenters. The average molecular weight is 313 g/mol. The van der Waals surface area contributed by atoms with E-state index in [2.05, 4.69) is 5.32 Å². The number of amides is 1. The number of benzene rings is 1. The van der Waals surface area contributed by atoms with Crippen molar-refractivity contribution in [2.75, 3.05) is 26.6 Å². The molecule has 1 aromatic rings. The number of hydrogen-bond acceptors (Lipinski definition) is 5. The number of methoxy groups -OCH3 is 1. The molecule has 0 spiro atoms. The first-order valence-corrected chi connectivity index (χ1v) is 8.09. The summed E-state index contributed by atoms with van der Waals surface area (Å²) < 4.78 is 10.6. The van der Waals surface area contributed by atoms with Gasteiger partial charge in [-0.05, 0) is 37.4 Å². The third kappa shape index (κ3) is 6.27. The summed E-state index contributed by atoms with van der Waals surface area (Å²) in [6.45, 7) is 2.25. The van der Waals surface area contributed by atoms with Gasteiger partial charge in [-0.15, -0.1) is 0 Å². The van der Waals surface area contributed by atoms with Gasteiger partial charge in [0.2, 0.25) is 5.91 Å². The van der Waals surface area contributed by atoms with Gasteiger partial charge in [-0.1, -0.05) is 0 Å². The van der Waals surface area contributed by atoms with Crippen LogP contribution >= 0.6 is 11.8 Å². The van der Waals surface area contributed by atoms with Crippen molar-refractivity contribution in [3.05, 3.63) is 24.3 Å². The molecule has 0 aliphatic heterocycles. The summed E-state index contributed by atoms with van der Waals surface area (Å²) >= 11 is 1.54. The van der Waals surface area contributed by atoms with Gasteiger partial charge in [0, 0.05) is 11.3 Å². The van der Waals surface area contributed by atoms with Crippen LogP contribution in [0.15, 0.2) is 24.3 Å². The van der Waals surface area contributed by atoms with E-state index in [0.717, 1.165) is 5.75 Å². The van der Waals surface area contributed by atoms with E-state index in [1.54, 1.807) is 19.2 Å². The van der Waals surface area contributed by atoms with Crippen LogP contribution in [0.25, 0.3) is 0 Å². The SMILES string of the molecule is COc1ccc(OCCC(=O)NC(C)C(CO)SC)cc1. The van der Waals surface area contributed by atoms with Gasteiger partial charge in [0.1, 0.15) is 11.5 Å². The van der Waals surface area contributed by atoms with Gasteiger partial charge in [-0.2, -0.15) is 11.8 Å². The largest absolute Gasteiger partial charge is 0.497 e. The molecular formula is C15H23NO4S. The highest BCUT2D eigenvalue weighted by molar-refractivity contribution is 7.99. The van der Waals surface area contributed by atoms with Crippen molar-refractivity contribution in [3.8, 4) is 11.5 Å². The molecule has 0 saturated carbocycles. The Labute approximate surface area is 130 Å². The number of nitrogens with one attached hydrogen (secondary N) is 1. The molecule has 0 heterocycles. The first-order chi connectivity index (χ1) is 10.1. The zero-order valence-corrected chi connectivity index (χ0v) is 13.5. The number of hydrogen-bond donors (Lipinski definition) is 2. The molecule has 0 radical (unpaired) electrons. The lowest BCUT2D eigenvalue weighted by Gasteiger charge is -2.21. The number of aliphatic hydroxyl groups excluding tert-OH is 1. The van der Waals surface area contributed by atoms with Crippen molar-refractivity contribution in [3.63, 3.8) is 0 Å². The maximum Gasteiger partial charge on any atom is 0.223 e. The van der Waals surface area contributed by atoms with E-state index < -0.39 is 0 Å². The number of rotatable bonds is 9. The Morgan fingerprint density at radius 3 is 2.48 bits per heavy atom. The van der Waals surface area contributed by atoms with Crippen LogP contribution in [-0.2, 0) is 4.79 Å². The van der Waals surface area contributed by atoms with Crippen molar-refractivity contribution in [2.45, 2.75) is 24.6 Å². The molecule has 1 rings (SSSR count). The van der Waals surface area contributed by atoms with Gasteiger partial charge in [-0.25, -0.2) is 0 Å². The van der Waals surface area contributed by atoms with E-state index in [1.165, 1.54) is 11.8 Å². The second kappa shape index (κ2) is 9.52. The molecular weight excluding hydrogens is 290 g/mol. The Balaban J connectivity index is 2.29. The molecule has 1 amide bonds. The maximum atomic E-state index is 11.8. The van der Waals surface area contributed by atoms with Gasteiger partial charge < -0.3 is 19.9 Å². The third-order valence-corrected chi connectivity index (χ3v) is 4.25. The zero-order chi connectivity index (χ0) is 15.7. The summed E-state index contributed by atoms with van der Waals surface area (Å²) in [5.41, 5.74) is 0. The normalized spacial score (nSPS) is 13.3. The van der Waals surface area contributed by atoms with Crippen LogP contribution in [0, 0.1) is 0 Å². The van der Waals surface area contributed by atoms with Crippen molar-refractivity contribution < 1.29 is 19.4 Å². The lowest BCUT2D eigenvalue weighted by molar-refractivity contribution is -0.122. The van der Waals surface area contributed by atoms with E-state index in [0.29, 0.717) is 12.4 Å². The number of ether oxygens (including phenoxy) is 2. The standard InChI is InChI=1S/C15H23NO4S/c1-11(14(10-17)21-3)16-15(18)8-9-20-13-6-4-12(19-2)5-7-13/h4-7,11,14,17H,8-10H2,1-3H3,(H,16,18). The van der Waals surface area contributed by atoms with Gasteiger partial charge >= 0.3 is 0 Å². The van der Waals surface area contributed by atoms with E-state index in [4.69, 9.17) is 14.6 Å². The van der Waals surface area contributed by atoms with Crippen molar-refractivity contribution in [1.82, 2.24) is 5.32 Å². The van der Waals surface area contributed by atoms with E-state index in [9.17, 15) is 4.79 Å². The summed E-state index contributed by atoms with van der Waals surface area (Å²) in [5, 5.41) is 12.0. The minimum Gasteiger partial charge on any atom is -0.497 e. The van der Waals surface area contributed by atoms with Crippen LogP contribution in [0.3, 0.4) is 0 Å². The summed E-state index contributed by atoms with van der Waals surface area (Å²) in [6.07, 6.45) is 2.19. The quantitative estimate of drug-likeness (QED) is 0.726. The Morgan fingerprint density at radius 2 is 1.95 bits per heavy atom. The number of thioether (sulfide) groups is 1. The molecule has 1 aromatic carbocycles. The van der Waals surface area contributed by atoms with Crippen LogP contribution in [0.2, 0.25) is 0 Å². The molecule has 2 atom stereocenters. The van der Waals surface area contributed by atoms with E-state index >= 15 is 0 Å². The predicted octanol–water partition coefficient (Wildman–Crippen LogP) is 1.69. The highest BCUT2D eigenvalue weighted by atomic mass is 32.2. The van der Waals surface area contributed by atoms with Crippen LogP contribution < -0.4 is 14.8 Å². The highest BCUT2D eigenvalue weighted by Crippen LogP contribution is 2.17. The molecule has 118 valence electrons. The Hall–Kier alpha value is -1.40. The molecule has 0 saturated heterocycles. The number of aliphatic hydroxyl groups is 1. The fraction of sp³-hybridized carbons (Fsp3) is 0.533. The molecule has 0 aromatic heterocycles. The highest BCUT2D eigenvalue weighted by Gasteiger charge is 2.17. The van der Waals surface area contributed by atoms with Crippen LogP contribution in [0.5, 0.6) is 11.5 Å².